The molecular weight excluding hydrogens is 294 g/mol. The summed E-state index contributed by atoms with van der Waals surface area (Å²) < 4.78 is 0. The maximum Gasteiger partial charge on any atom is 0.323 e. The van der Waals surface area contributed by atoms with Gasteiger partial charge in [0.2, 0.25) is 0 Å². The fourth-order valence-corrected chi connectivity index (χ4v) is 1.71. The summed E-state index contributed by atoms with van der Waals surface area (Å²) in [5.41, 5.74) is 1.49. The number of aromatic nitrogens is 1. The van der Waals surface area contributed by atoms with E-state index in [-0.39, 0.29) is 6.42 Å². The Hall–Kier alpha value is -2.60. The highest BCUT2D eigenvalue weighted by Crippen LogP contribution is 2.14. The van der Waals surface area contributed by atoms with Crippen LogP contribution < -0.4 is 10.6 Å². The van der Waals surface area contributed by atoms with Crippen molar-refractivity contribution in [2.45, 2.75) is 6.42 Å². The van der Waals surface area contributed by atoms with Gasteiger partial charge in [-0.05, 0) is 36.4 Å². The second-order valence-corrected chi connectivity index (χ2v) is 4.63. The van der Waals surface area contributed by atoms with Gasteiger partial charge < -0.3 is 15.7 Å². The molecule has 21 heavy (non-hydrogen) atoms. The van der Waals surface area contributed by atoms with Crippen molar-refractivity contribution in [1.82, 2.24) is 4.98 Å². The predicted molar refractivity (Wildman–Crippen MR) is 79.7 cm³/mol. The van der Waals surface area contributed by atoms with Gasteiger partial charge >= 0.3 is 12.0 Å². The lowest BCUT2D eigenvalue weighted by molar-refractivity contribution is -0.136. The van der Waals surface area contributed by atoms with Gasteiger partial charge in [0.25, 0.3) is 0 Å². The lowest BCUT2D eigenvalue weighted by Crippen LogP contribution is -2.19. The van der Waals surface area contributed by atoms with E-state index in [9.17, 15) is 9.59 Å². The summed E-state index contributed by atoms with van der Waals surface area (Å²) >= 11 is 5.75. The molecule has 1 aromatic carbocycles. The van der Waals surface area contributed by atoms with Gasteiger partial charge in [0.05, 0.1) is 24.0 Å². The SMILES string of the molecule is O=C(O)Cc1ccc(NC(=O)Nc2ccc(Cl)cc2)cn1. The number of carboxylic acid groups (broad SMARTS) is 1. The molecular formula is C14H12ClN3O3. The summed E-state index contributed by atoms with van der Waals surface area (Å²) in [4.78, 5) is 26.2. The Kier molecular flexibility index (Phi) is 4.73. The molecule has 2 amide bonds. The number of hydrogen-bond donors (Lipinski definition) is 3. The first-order valence-corrected chi connectivity index (χ1v) is 6.41. The summed E-state index contributed by atoms with van der Waals surface area (Å²) in [6, 6.07) is 9.40. The van der Waals surface area contributed by atoms with E-state index >= 15 is 0 Å². The quantitative estimate of drug-likeness (QED) is 0.809. The lowest BCUT2D eigenvalue weighted by atomic mass is 10.2. The summed E-state index contributed by atoms with van der Waals surface area (Å²) in [6.07, 6.45) is 1.25. The Labute approximate surface area is 125 Å². The molecule has 7 heteroatoms. The number of halogens is 1. The third kappa shape index (κ3) is 4.77. The number of hydrogen-bond acceptors (Lipinski definition) is 3. The predicted octanol–water partition coefficient (Wildman–Crippen LogP) is 3.01. The zero-order chi connectivity index (χ0) is 15.2. The maximum absolute atomic E-state index is 11.8. The van der Waals surface area contributed by atoms with Crippen molar-refractivity contribution in [3.05, 3.63) is 53.3 Å². The number of aliphatic carboxylic acids is 1. The van der Waals surface area contributed by atoms with Gasteiger partial charge in [-0.3, -0.25) is 9.78 Å². The Morgan fingerprint density at radius 3 is 2.24 bits per heavy atom. The van der Waals surface area contributed by atoms with Crippen molar-refractivity contribution in [3.8, 4) is 0 Å². The molecule has 0 aliphatic rings. The number of carbonyl (C=O) groups excluding carboxylic acids is 1. The van der Waals surface area contributed by atoms with Gasteiger partial charge in [-0.2, -0.15) is 0 Å². The van der Waals surface area contributed by atoms with Crippen LogP contribution >= 0.6 is 11.6 Å². The number of carbonyl (C=O) groups is 2. The van der Waals surface area contributed by atoms with E-state index in [1.165, 1.54) is 6.20 Å². The smallest absolute Gasteiger partial charge is 0.323 e. The van der Waals surface area contributed by atoms with Crippen LogP contribution in [-0.2, 0) is 11.2 Å². The van der Waals surface area contributed by atoms with Crippen molar-refractivity contribution >= 4 is 35.0 Å². The molecule has 0 spiro atoms. The number of pyridine rings is 1. The van der Waals surface area contributed by atoms with Crippen molar-refractivity contribution in [3.63, 3.8) is 0 Å². The van der Waals surface area contributed by atoms with Crippen molar-refractivity contribution in [2.24, 2.45) is 0 Å². The summed E-state index contributed by atoms with van der Waals surface area (Å²) in [5.74, 6) is -0.955. The second kappa shape index (κ2) is 6.71. The number of benzene rings is 1. The molecule has 1 aromatic heterocycles. The zero-order valence-corrected chi connectivity index (χ0v) is 11.6. The van der Waals surface area contributed by atoms with E-state index in [2.05, 4.69) is 15.6 Å². The normalized spacial score (nSPS) is 9.95. The average Bonchev–Trinajstić information content (AvgIpc) is 2.43. The molecule has 0 saturated heterocycles. The van der Waals surface area contributed by atoms with Gasteiger partial charge in [-0.25, -0.2) is 4.79 Å². The van der Waals surface area contributed by atoms with E-state index in [0.29, 0.717) is 22.1 Å². The number of anilines is 2. The first-order chi connectivity index (χ1) is 10.0. The minimum Gasteiger partial charge on any atom is -0.481 e. The van der Waals surface area contributed by atoms with E-state index in [1.54, 1.807) is 36.4 Å². The Balaban J connectivity index is 1.93. The van der Waals surface area contributed by atoms with Gasteiger partial charge in [0.15, 0.2) is 0 Å². The molecule has 0 aliphatic carbocycles. The van der Waals surface area contributed by atoms with Crippen LogP contribution in [0.5, 0.6) is 0 Å². The van der Waals surface area contributed by atoms with Crippen LogP contribution in [-0.4, -0.2) is 22.1 Å². The average molecular weight is 306 g/mol. The van der Waals surface area contributed by atoms with Gasteiger partial charge in [0.1, 0.15) is 0 Å². The molecule has 0 bridgehead atoms. The van der Waals surface area contributed by atoms with Crippen molar-refractivity contribution in [2.75, 3.05) is 10.6 Å². The molecule has 0 saturated carbocycles. The number of amides is 2. The molecule has 1 heterocycles. The van der Waals surface area contributed by atoms with Crippen LogP contribution in [0.2, 0.25) is 5.02 Å². The number of carboxylic acids is 1. The van der Waals surface area contributed by atoms with E-state index < -0.39 is 12.0 Å². The van der Waals surface area contributed by atoms with Crippen LogP contribution in [0, 0.1) is 0 Å². The summed E-state index contributed by atoms with van der Waals surface area (Å²) in [6.45, 7) is 0. The van der Waals surface area contributed by atoms with Crippen molar-refractivity contribution < 1.29 is 14.7 Å². The maximum atomic E-state index is 11.8. The monoisotopic (exact) mass is 305 g/mol. The minimum atomic E-state index is -0.955. The van der Waals surface area contributed by atoms with E-state index in [1.807, 2.05) is 0 Å². The minimum absolute atomic E-state index is 0.156. The fourth-order valence-electron chi connectivity index (χ4n) is 1.58. The number of nitrogens with zero attached hydrogens (tertiary/aromatic N) is 1. The standard InChI is InChI=1S/C14H12ClN3O3/c15-9-1-3-10(4-2-9)17-14(21)18-12-6-5-11(16-8-12)7-13(19)20/h1-6,8H,7H2,(H,19,20)(H2,17,18,21). The molecule has 6 nitrogen and oxygen atoms in total. The van der Waals surface area contributed by atoms with Crippen LogP contribution in [0.1, 0.15) is 5.69 Å². The molecule has 3 N–H and O–H groups in total. The van der Waals surface area contributed by atoms with Gasteiger partial charge in [-0.15, -0.1) is 0 Å². The third-order valence-electron chi connectivity index (χ3n) is 2.52. The molecule has 0 aliphatic heterocycles. The third-order valence-corrected chi connectivity index (χ3v) is 2.77. The van der Waals surface area contributed by atoms with Crippen LogP contribution in [0.25, 0.3) is 0 Å². The topological polar surface area (TPSA) is 91.3 Å². The second-order valence-electron chi connectivity index (χ2n) is 4.19. The zero-order valence-electron chi connectivity index (χ0n) is 10.8. The summed E-state index contributed by atoms with van der Waals surface area (Å²) in [7, 11) is 0. The van der Waals surface area contributed by atoms with Crippen LogP contribution in [0.3, 0.4) is 0 Å². The van der Waals surface area contributed by atoms with Crippen molar-refractivity contribution in [1.29, 1.82) is 0 Å². The molecule has 0 fully saturated rings. The number of urea groups is 1. The Morgan fingerprint density at radius 2 is 1.67 bits per heavy atom. The van der Waals surface area contributed by atoms with Gasteiger partial charge in [0, 0.05) is 10.7 Å². The Morgan fingerprint density at radius 1 is 1.05 bits per heavy atom. The first kappa shape index (κ1) is 14.8. The summed E-state index contributed by atoms with van der Waals surface area (Å²) in [5, 5.41) is 14.4. The molecule has 0 radical (unpaired) electrons. The first-order valence-electron chi connectivity index (χ1n) is 6.03. The molecule has 0 atom stereocenters. The largest absolute Gasteiger partial charge is 0.481 e. The Bertz CT molecular complexity index is 642. The highest BCUT2D eigenvalue weighted by molar-refractivity contribution is 6.30. The lowest BCUT2D eigenvalue weighted by Gasteiger charge is -2.07. The molecule has 0 unspecified atom stereocenters. The van der Waals surface area contributed by atoms with Gasteiger partial charge in [-0.1, -0.05) is 11.6 Å². The highest BCUT2D eigenvalue weighted by Gasteiger charge is 2.05. The fraction of sp³-hybridized carbons (Fsp3) is 0.0714. The molecule has 108 valence electrons. The number of rotatable bonds is 4. The van der Waals surface area contributed by atoms with E-state index in [0.717, 1.165) is 0 Å². The van der Waals surface area contributed by atoms with E-state index in [4.69, 9.17) is 16.7 Å². The van der Waals surface area contributed by atoms with Crippen LogP contribution in [0.4, 0.5) is 16.2 Å². The molecule has 2 rings (SSSR count). The number of nitrogens with one attached hydrogen (secondary N) is 2. The molecule has 2 aromatic rings. The highest BCUT2D eigenvalue weighted by atomic mass is 35.5. The van der Waals surface area contributed by atoms with Crippen LogP contribution in [0.15, 0.2) is 42.6 Å².